The highest BCUT2D eigenvalue weighted by Crippen LogP contribution is 2.24. The average molecular weight is 284 g/mol. The van der Waals surface area contributed by atoms with Gasteiger partial charge in [0.25, 0.3) is 0 Å². The third-order valence-electron chi connectivity index (χ3n) is 2.49. The van der Waals surface area contributed by atoms with E-state index in [2.05, 4.69) is 10.3 Å². The molecule has 0 spiro atoms. The number of para-hydroxylation sites is 1. The zero-order chi connectivity index (χ0) is 14.3. The summed E-state index contributed by atoms with van der Waals surface area (Å²) in [6.45, 7) is 6.58. The molecule has 1 unspecified atom stereocenters. The normalized spacial score (nSPS) is 13.4. The van der Waals surface area contributed by atoms with Crippen molar-refractivity contribution < 1.29 is 4.74 Å². The number of nitrogens with zero attached hydrogens (tertiary/aromatic N) is 1. The van der Waals surface area contributed by atoms with Crippen molar-refractivity contribution in [3.05, 3.63) is 29.3 Å². The number of hydrogen-bond donors (Lipinski definition) is 2. The summed E-state index contributed by atoms with van der Waals surface area (Å²) in [5.74, 6) is 1.12. The maximum atomic E-state index is 6.06. The van der Waals surface area contributed by atoms with E-state index in [-0.39, 0.29) is 12.1 Å². The van der Waals surface area contributed by atoms with E-state index in [1.165, 1.54) is 0 Å². The minimum atomic E-state index is -0.0348. The molecule has 5 heteroatoms. The Bertz CT molecular complexity index is 421. The first kappa shape index (κ1) is 15.6. The number of nitrogens with one attached hydrogen (secondary N) is 1. The lowest BCUT2D eigenvalue weighted by Gasteiger charge is -2.17. The van der Waals surface area contributed by atoms with Crippen LogP contribution in [-0.4, -0.2) is 24.7 Å². The van der Waals surface area contributed by atoms with Gasteiger partial charge in [-0.1, -0.05) is 30.7 Å². The van der Waals surface area contributed by atoms with Crippen molar-refractivity contribution in [1.82, 2.24) is 5.32 Å². The quantitative estimate of drug-likeness (QED) is 0.623. The zero-order valence-electron chi connectivity index (χ0n) is 11.7. The molecule has 4 nitrogen and oxygen atoms in total. The van der Waals surface area contributed by atoms with Crippen LogP contribution in [0.25, 0.3) is 0 Å². The van der Waals surface area contributed by atoms with Crippen LogP contribution in [0.1, 0.15) is 27.2 Å². The van der Waals surface area contributed by atoms with Gasteiger partial charge in [-0.2, -0.15) is 0 Å². The van der Waals surface area contributed by atoms with E-state index in [1.54, 1.807) is 0 Å². The number of hydrogen-bond acceptors (Lipinski definition) is 2. The van der Waals surface area contributed by atoms with E-state index in [0.717, 1.165) is 6.42 Å². The molecule has 1 aromatic rings. The van der Waals surface area contributed by atoms with Crippen molar-refractivity contribution >= 4 is 17.6 Å². The summed E-state index contributed by atoms with van der Waals surface area (Å²) in [5.41, 5.74) is 5.76. The van der Waals surface area contributed by atoms with Crippen LogP contribution in [0.4, 0.5) is 0 Å². The van der Waals surface area contributed by atoms with Crippen molar-refractivity contribution in [3.63, 3.8) is 0 Å². The number of ether oxygens (including phenoxy) is 1. The molecular formula is C14H22ClN3O. The van der Waals surface area contributed by atoms with Gasteiger partial charge in [0, 0.05) is 6.04 Å². The summed E-state index contributed by atoms with van der Waals surface area (Å²) in [4.78, 5) is 4.28. The summed E-state index contributed by atoms with van der Waals surface area (Å²) in [6, 6.07) is 7.70. The topological polar surface area (TPSA) is 59.6 Å². The highest BCUT2D eigenvalue weighted by Gasteiger charge is 2.10. The predicted octanol–water partition coefficient (Wildman–Crippen LogP) is 2.81. The summed E-state index contributed by atoms with van der Waals surface area (Å²) < 4.78 is 5.83. The molecule has 0 fully saturated rings. The lowest BCUT2D eigenvalue weighted by atomic mass is 10.2. The van der Waals surface area contributed by atoms with Crippen LogP contribution in [-0.2, 0) is 0 Å². The standard InChI is InChI=1S/C14H22ClN3O/c1-4-11(9-17-14(16)18-10(2)3)19-13-8-6-5-7-12(13)15/h5-8,10-11H,4,9H2,1-3H3,(H3,16,17,18). The molecule has 0 aliphatic heterocycles. The van der Waals surface area contributed by atoms with Crippen LogP contribution in [0.2, 0.25) is 5.02 Å². The number of guanidine groups is 1. The van der Waals surface area contributed by atoms with Crippen LogP contribution in [0.15, 0.2) is 29.3 Å². The number of nitrogens with two attached hydrogens (primary N) is 1. The Kier molecular flexibility index (Phi) is 6.50. The lowest BCUT2D eigenvalue weighted by molar-refractivity contribution is 0.206. The molecule has 0 aromatic heterocycles. The third-order valence-corrected chi connectivity index (χ3v) is 2.80. The smallest absolute Gasteiger partial charge is 0.188 e. The van der Waals surface area contributed by atoms with Crippen molar-refractivity contribution in [2.24, 2.45) is 10.7 Å². The van der Waals surface area contributed by atoms with Gasteiger partial charge in [-0.15, -0.1) is 0 Å². The van der Waals surface area contributed by atoms with Gasteiger partial charge in [0.15, 0.2) is 5.96 Å². The molecule has 1 rings (SSSR count). The molecule has 0 amide bonds. The van der Waals surface area contributed by atoms with Gasteiger partial charge in [-0.3, -0.25) is 0 Å². The Labute approximate surface area is 120 Å². The molecule has 1 atom stereocenters. The van der Waals surface area contributed by atoms with Crippen LogP contribution in [0.3, 0.4) is 0 Å². The van der Waals surface area contributed by atoms with Gasteiger partial charge >= 0.3 is 0 Å². The molecule has 1 aromatic carbocycles. The van der Waals surface area contributed by atoms with Crippen molar-refractivity contribution in [1.29, 1.82) is 0 Å². The number of aliphatic imine (C=N–C) groups is 1. The molecule has 19 heavy (non-hydrogen) atoms. The minimum Gasteiger partial charge on any atom is -0.487 e. The van der Waals surface area contributed by atoms with E-state index in [4.69, 9.17) is 22.1 Å². The Morgan fingerprint density at radius 1 is 1.42 bits per heavy atom. The van der Waals surface area contributed by atoms with Gasteiger partial charge in [-0.05, 0) is 32.4 Å². The highest BCUT2D eigenvalue weighted by molar-refractivity contribution is 6.32. The first-order valence-electron chi connectivity index (χ1n) is 6.50. The SMILES string of the molecule is CCC(CN=C(N)NC(C)C)Oc1ccccc1Cl. The lowest BCUT2D eigenvalue weighted by Crippen LogP contribution is -2.37. The number of benzene rings is 1. The molecule has 0 bridgehead atoms. The van der Waals surface area contributed by atoms with Gasteiger partial charge in [-0.25, -0.2) is 4.99 Å². The maximum absolute atomic E-state index is 6.06. The second-order valence-electron chi connectivity index (χ2n) is 4.60. The Hall–Kier alpha value is -1.42. The summed E-state index contributed by atoms with van der Waals surface area (Å²) in [5, 5.41) is 3.65. The van der Waals surface area contributed by atoms with Gasteiger partial charge in [0.2, 0.25) is 0 Å². The zero-order valence-corrected chi connectivity index (χ0v) is 12.4. The van der Waals surface area contributed by atoms with Crippen LogP contribution in [0, 0.1) is 0 Å². The Morgan fingerprint density at radius 2 is 2.11 bits per heavy atom. The van der Waals surface area contributed by atoms with Crippen LogP contribution in [0.5, 0.6) is 5.75 Å². The molecule has 3 N–H and O–H groups in total. The maximum Gasteiger partial charge on any atom is 0.188 e. The number of halogens is 1. The van der Waals surface area contributed by atoms with Crippen molar-refractivity contribution in [2.75, 3.05) is 6.54 Å². The molecule has 0 saturated carbocycles. The minimum absolute atomic E-state index is 0.0348. The largest absolute Gasteiger partial charge is 0.487 e. The first-order valence-corrected chi connectivity index (χ1v) is 6.88. The summed E-state index contributed by atoms with van der Waals surface area (Å²) in [6.07, 6.45) is 0.802. The fourth-order valence-electron chi connectivity index (χ4n) is 1.51. The third kappa shape index (κ3) is 5.83. The molecule has 106 valence electrons. The Balaban J connectivity index is 2.57. The first-order chi connectivity index (χ1) is 9.02. The molecule has 0 heterocycles. The van der Waals surface area contributed by atoms with E-state index in [1.807, 2.05) is 45.0 Å². The predicted molar refractivity (Wildman–Crippen MR) is 80.9 cm³/mol. The van der Waals surface area contributed by atoms with Gasteiger partial charge in [0.1, 0.15) is 11.9 Å². The van der Waals surface area contributed by atoms with Crippen LogP contribution >= 0.6 is 11.6 Å². The molecular weight excluding hydrogens is 262 g/mol. The van der Waals surface area contributed by atoms with Crippen molar-refractivity contribution in [2.45, 2.75) is 39.3 Å². The fourth-order valence-corrected chi connectivity index (χ4v) is 1.69. The average Bonchev–Trinajstić information content (AvgIpc) is 2.35. The highest BCUT2D eigenvalue weighted by atomic mass is 35.5. The second-order valence-corrected chi connectivity index (χ2v) is 5.01. The molecule has 0 saturated heterocycles. The van der Waals surface area contributed by atoms with Crippen molar-refractivity contribution in [3.8, 4) is 5.75 Å². The van der Waals surface area contributed by atoms with Gasteiger partial charge in [0.05, 0.1) is 11.6 Å². The monoisotopic (exact) mass is 283 g/mol. The number of rotatable bonds is 6. The van der Waals surface area contributed by atoms with E-state index in [9.17, 15) is 0 Å². The summed E-state index contributed by atoms with van der Waals surface area (Å²) in [7, 11) is 0. The van der Waals surface area contributed by atoms with E-state index >= 15 is 0 Å². The van der Waals surface area contributed by atoms with E-state index < -0.39 is 0 Å². The Morgan fingerprint density at radius 3 is 2.68 bits per heavy atom. The van der Waals surface area contributed by atoms with Gasteiger partial charge < -0.3 is 15.8 Å². The molecule has 0 aliphatic rings. The second kappa shape index (κ2) is 7.89. The molecule has 0 aliphatic carbocycles. The van der Waals surface area contributed by atoms with Crippen LogP contribution < -0.4 is 15.8 Å². The van der Waals surface area contributed by atoms with E-state index in [0.29, 0.717) is 23.3 Å². The summed E-state index contributed by atoms with van der Waals surface area (Å²) >= 11 is 6.06. The fraction of sp³-hybridized carbons (Fsp3) is 0.500. The molecule has 0 radical (unpaired) electrons.